The van der Waals surface area contributed by atoms with Crippen LogP contribution < -0.4 is 9.47 Å². The molecule has 0 aliphatic rings. The number of phenolic OH excluding ortho intramolecular Hbond substituents is 1. The first-order valence-corrected chi connectivity index (χ1v) is 6.82. The Morgan fingerprint density at radius 1 is 1.13 bits per heavy atom. The van der Waals surface area contributed by atoms with E-state index in [0.717, 1.165) is 0 Å². The maximum absolute atomic E-state index is 11.5. The quantitative estimate of drug-likeness (QED) is 0.365. The molecule has 0 aliphatic carbocycles. The predicted octanol–water partition coefficient (Wildman–Crippen LogP) is 2.96. The van der Waals surface area contributed by atoms with E-state index in [2.05, 4.69) is 0 Å². The molecule has 7 nitrogen and oxygen atoms in total. The zero-order valence-electron chi connectivity index (χ0n) is 12.4. The third-order valence-corrected chi connectivity index (χ3v) is 3.01. The highest BCUT2D eigenvalue weighted by Gasteiger charge is 2.13. The SMILES string of the molecule is CC(=O)c1c(O)cccc1OCCOc1ccc([N+](=O)[O-])cc1. The average molecular weight is 317 g/mol. The number of nitro benzene ring substituents is 1. The number of hydrogen-bond acceptors (Lipinski definition) is 6. The van der Waals surface area contributed by atoms with Crippen molar-refractivity contribution in [1.82, 2.24) is 0 Å². The second kappa shape index (κ2) is 7.26. The number of hydrogen-bond donors (Lipinski definition) is 1. The van der Waals surface area contributed by atoms with Crippen molar-refractivity contribution < 1.29 is 24.3 Å². The van der Waals surface area contributed by atoms with Crippen molar-refractivity contribution in [1.29, 1.82) is 0 Å². The van der Waals surface area contributed by atoms with Crippen LogP contribution in [0.15, 0.2) is 42.5 Å². The molecular formula is C16H15NO6. The predicted molar refractivity (Wildman–Crippen MR) is 82.2 cm³/mol. The van der Waals surface area contributed by atoms with Crippen LogP contribution in [0.2, 0.25) is 0 Å². The topological polar surface area (TPSA) is 98.9 Å². The van der Waals surface area contributed by atoms with Gasteiger partial charge in [0, 0.05) is 12.1 Å². The standard InChI is InChI=1S/C16H15NO6/c1-11(18)16-14(19)3-2-4-15(16)23-10-9-22-13-7-5-12(6-8-13)17(20)21/h2-8,19H,9-10H2,1H3. The van der Waals surface area contributed by atoms with Crippen molar-refractivity contribution in [2.24, 2.45) is 0 Å². The molecule has 0 amide bonds. The van der Waals surface area contributed by atoms with E-state index in [0.29, 0.717) is 5.75 Å². The molecule has 0 unspecified atom stereocenters. The number of ether oxygens (including phenoxy) is 2. The van der Waals surface area contributed by atoms with Gasteiger partial charge < -0.3 is 14.6 Å². The van der Waals surface area contributed by atoms with E-state index < -0.39 is 4.92 Å². The molecule has 0 fully saturated rings. The highest BCUT2D eigenvalue weighted by atomic mass is 16.6. The smallest absolute Gasteiger partial charge is 0.269 e. The number of benzene rings is 2. The number of carbonyl (C=O) groups is 1. The Morgan fingerprint density at radius 3 is 2.39 bits per heavy atom. The Hall–Kier alpha value is -3.09. The van der Waals surface area contributed by atoms with Gasteiger partial charge in [0.1, 0.15) is 36.0 Å². The van der Waals surface area contributed by atoms with Gasteiger partial charge in [0.05, 0.1) is 4.92 Å². The van der Waals surface area contributed by atoms with Gasteiger partial charge in [0.15, 0.2) is 5.78 Å². The zero-order chi connectivity index (χ0) is 16.8. The summed E-state index contributed by atoms with van der Waals surface area (Å²) in [6.45, 7) is 1.68. The van der Waals surface area contributed by atoms with E-state index >= 15 is 0 Å². The minimum Gasteiger partial charge on any atom is -0.507 e. The van der Waals surface area contributed by atoms with Crippen molar-refractivity contribution in [3.05, 3.63) is 58.1 Å². The summed E-state index contributed by atoms with van der Waals surface area (Å²) >= 11 is 0. The summed E-state index contributed by atoms with van der Waals surface area (Å²) in [5, 5.41) is 20.2. The van der Waals surface area contributed by atoms with E-state index in [1.807, 2.05) is 0 Å². The number of aromatic hydroxyl groups is 1. The molecular weight excluding hydrogens is 302 g/mol. The summed E-state index contributed by atoms with van der Waals surface area (Å²) < 4.78 is 10.8. The molecule has 2 aromatic carbocycles. The number of ketones is 1. The second-order valence-corrected chi connectivity index (χ2v) is 4.65. The van der Waals surface area contributed by atoms with Crippen LogP contribution in [0, 0.1) is 10.1 Å². The van der Waals surface area contributed by atoms with Gasteiger partial charge in [-0.3, -0.25) is 14.9 Å². The number of nitro groups is 1. The van der Waals surface area contributed by atoms with Crippen LogP contribution in [0.5, 0.6) is 17.2 Å². The number of carbonyl (C=O) groups excluding carboxylic acids is 1. The van der Waals surface area contributed by atoms with Gasteiger partial charge in [-0.2, -0.15) is 0 Å². The summed E-state index contributed by atoms with van der Waals surface area (Å²) in [5.41, 5.74) is 0.113. The molecule has 0 bridgehead atoms. The molecule has 120 valence electrons. The number of non-ortho nitro benzene ring substituents is 1. The average Bonchev–Trinajstić information content (AvgIpc) is 2.51. The van der Waals surface area contributed by atoms with E-state index in [4.69, 9.17) is 9.47 Å². The minimum absolute atomic E-state index is 0.0144. The lowest BCUT2D eigenvalue weighted by Crippen LogP contribution is -2.11. The lowest BCUT2D eigenvalue weighted by molar-refractivity contribution is -0.384. The van der Waals surface area contributed by atoms with Gasteiger partial charge in [0.25, 0.3) is 5.69 Å². The molecule has 0 aromatic heterocycles. The van der Waals surface area contributed by atoms with Crippen LogP contribution in [0.4, 0.5) is 5.69 Å². The summed E-state index contributed by atoms with van der Waals surface area (Å²) in [6.07, 6.45) is 0. The number of phenols is 1. The summed E-state index contributed by atoms with van der Waals surface area (Å²) in [4.78, 5) is 21.6. The fourth-order valence-corrected chi connectivity index (χ4v) is 1.97. The number of nitrogens with zero attached hydrogens (tertiary/aromatic N) is 1. The number of Topliss-reactive ketones (excluding diaryl/α,β-unsaturated/α-hetero) is 1. The molecule has 0 atom stereocenters. The van der Waals surface area contributed by atoms with Gasteiger partial charge in [-0.15, -0.1) is 0 Å². The first-order valence-electron chi connectivity index (χ1n) is 6.82. The Morgan fingerprint density at radius 2 is 1.78 bits per heavy atom. The van der Waals surface area contributed by atoms with E-state index in [1.54, 1.807) is 12.1 Å². The van der Waals surface area contributed by atoms with Crippen molar-refractivity contribution >= 4 is 11.5 Å². The minimum atomic E-state index is -0.488. The fourth-order valence-electron chi connectivity index (χ4n) is 1.97. The molecule has 2 rings (SSSR count). The molecule has 0 radical (unpaired) electrons. The first kappa shape index (κ1) is 16.3. The Labute approximate surface area is 132 Å². The number of rotatable bonds is 7. The van der Waals surface area contributed by atoms with Crippen molar-refractivity contribution in [2.75, 3.05) is 13.2 Å². The largest absolute Gasteiger partial charge is 0.507 e. The van der Waals surface area contributed by atoms with E-state index in [1.165, 1.54) is 37.3 Å². The van der Waals surface area contributed by atoms with Crippen LogP contribution in [-0.4, -0.2) is 29.0 Å². The summed E-state index contributed by atoms with van der Waals surface area (Å²) in [6, 6.07) is 10.3. The molecule has 0 saturated carbocycles. The lowest BCUT2D eigenvalue weighted by Gasteiger charge is -2.11. The fraction of sp³-hybridized carbons (Fsp3) is 0.188. The first-order chi connectivity index (χ1) is 11.0. The van der Waals surface area contributed by atoms with Crippen LogP contribution in [0.1, 0.15) is 17.3 Å². The Bertz CT molecular complexity index is 711. The second-order valence-electron chi connectivity index (χ2n) is 4.65. The molecule has 1 N–H and O–H groups in total. The van der Waals surface area contributed by atoms with Gasteiger partial charge in [-0.1, -0.05) is 6.07 Å². The molecule has 7 heteroatoms. The van der Waals surface area contributed by atoms with Crippen molar-refractivity contribution in [3.8, 4) is 17.2 Å². The maximum atomic E-state index is 11.5. The molecule has 0 aliphatic heterocycles. The monoisotopic (exact) mass is 317 g/mol. The van der Waals surface area contributed by atoms with Gasteiger partial charge in [-0.05, 0) is 31.2 Å². The maximum Gasteiger partial charge on any atom is 0.269 e. The van der Waals surface area contributed by atoms with Crippen LogP contribution >= 0.6 is 0 Å². The van der Waals surface area contributed by atoms with Gasteiger partial charge in [-0.25, -0.2) is 0 Å². The Kier molecular flexibility index (Phi) is 5.14. The molecule has 0 heterocycles. The summed E-state index contributed by atoms with van der Waals surface area (Å²) in [5.74, 6) is 0.326. The molecule has 2 aromatic rings. The third kappa shape index (κ3) is 4.19. The molecule has 0 saturated heterocycles. The van der Waals surface area contributed by atoms with Crippen LogP contribution in [0.3, 0.4) is 0 Å². The van der Waals surface area contributed by atoms with Gasteiger partial charge >= 0.3 is 0 Å². The summed E-state index contributed by atoms with van der Waals surface area (Å²) in [7, 11) is 0. The normalized spacial score (nSPS) is 10.1. The van der Waals surface area contributed by atoms with Crippen molar-refractivity contribution in [3.63, 3.8) is 0 Å². The lowest BCUT2D eigenvalue weighted by atomic mass is 10.1. The third-order valence-electron chi connectivity index (χ3n) is 3.01. The molecule has 0 spiro atoms. The highest BCUT2D eigenvalue weighted by Crippen LogP contribution is 2.27. The van der Waals surface area contributed by atoms with Crippen molar-refractivity contribution in [2.45, 2.75) is 6.92 Å². The molecule has 23 heavy (non-hydrogen) atoms. The van der Waals surface area contributed by atoms with E-state index in [9.17, 15) is 20.0 Å². The zero-order valence-corrected chi connectivity index (χ0v) is 12.4. The van der Waals surface area contributed by atoms with E-state index in [-0.39, 0.29) is 41.7 Å². The Balaban J connectivity index is 1.90. The van der Waals surface area contributed by atoms with Gasteiger partial charge in [0.2, 0.25) is 0 Å². The van der Waals surface area contributed by atoms with Crippen LogP contribution in [0.25, 0.3) is 0 Å². The highest BCUT2D eigenvalue weighted by molar-refractivity contribution is 5.99. The van der Waals surface area contributed by atoms with Crippen LogP contribution in [-0.2, 0) is 0 Å².